The zero-order chi connectivity index (χ0) is 26.1. The second kappa shape index (κ2) is 17.0. The lowest BCUT2D eigenvalue weighted by molar-refractivity contribution is -0.655. The van der Waals surface area contributed by atoms with Gasteiger partial charge in [-0.3, -0.25) is 4.79 Å². The van der Waals surface area contributed by atoms with Gasteiger partial charge in [0.25, 0.3) is 5.01 Å². The smallest absolute Gasteiger partial charge is 0.268 e. The van der Waals surface area contributed by atoms with E-state index in [-0.39, 0.29) is 5.91 Å². The summed E-state index contributed by atoms with van der Waals surface area (Å²) in [5, 5.41) is 6.26. The molecule has 0 saturated heterocycles. The summed E-state index contributed by atoms with van der Waals surface area (Å²) in [5.41, 5.74) is 2.90. The van der Waals surface area contributed by atoms with Crippen molar-refractivity contribution in [3.05, 3.63) is 65.7 Å². The highest BCUT2D eigenvalue weighted by molar-refractivity contribution is 7.12. The quantitative estimate of drug-likeness (QED) is 0.135. The first kappa shape index (κ1) is 28.9. The average Bonchev–Trinajstić information content (AvgIpc) is 3.33. The van der Waals surface area contributed by atoms with E-state index in [4.69, 9.17) is 4.74 Å². The summed E-state index contributed by atoms with van der Waals surface area (Å²) in [6.07, 6.45) is 18.5. The van der Waals surface area contributed by atoms with Crippen molar-refractivity contribution >= 4 is 22.9 Å². The molecule has 0 saturated carbocycles. The van der Waals surface area contributed by atoms with E-state index in [2.05, 4.69) is 28.3 Å². The molecule has 1 amide bonds. The summed E-state index contributed by atoms with van der Waals surface area (Å²) in [7, 11) is 2.03. The van der Waals surface area contributed by atoms with E-state index in [1.54, 1.807) is 11.3 Å². The van der Waals surface area contributed by atoms with Crippen LogP contribution >= 0.6 is 11.3 Å². The van der Waals surface area contributed by atoms with Crippen LogP contribution in [-0.2, 0) is 18.3 Å². The Labute approximate surface area is 228 Å². The molecule has 3 aromatic rings. The number of anilines is 1. The average molecular weight is 522 g/mol. The van der Waals surface area contributed by atoms with Gasteiger partial charge >= 0.3 is 0 Å². The number of hydrogen-bond acceptors (Lipinski definition) is 3. The molecule has 0 aliphatic heterocycles. The number of ether oxygens (including phenoxy) is 1. The third-order valence-corrected chi connectivity index (χ3v) is 7.74. The van der Waals surface area contributed by atoms with Crippen molar-refractivity contribution in [3.63, 3.8) is 0 Å². The lowest BCUT2D eigenvalue weighted by Crippen LogP contribution is -2.26. The molecule has 1 heterocycles. The van der Waals surface area contributed by atoms with Gasteiger partial charge in [0, 0.05) is 5.69 Å². The molecule has 0 bridgehead atoms. The van der Waals surface area contributed by atoms with Crippen molar-refractivity contribution in [1.82, 2.24) is 0 Å². The second-order valence-corrected chi connectivity index (χ2v) is 10.9. The minimum absolute atomic E-state index is 0.0159. The lowest BCUT2D eigenvalue weighted by Gasteiger charge is -2.09. The number of aryl methyl sites for hydroxylation is 1. The molecule has 3 rings (SSSR count). The maximum Gasteiger partial charge on any atom is 0.268 e. The first-order chi connectivity index (χ1) is 18.2. The van der Waals surface area contributed by atoms with Gasteiger partial charge in [-0.15, -0.1) is 0 Å². The Morgan fingerprint density at radius 1 is 0.865 bits per heavy atom. The summed E-state index contributed by atoms with van der Waals surface area (Å²) in [6, 6.07) is 15.9. The first-order valence-corrected chi connectivity index (χ1v) is 15.1. The minimum atomic E-state index is -0.0159. The van der Waals surface area contributed by atoms with Crippen LogP contribution < -0.4 is 14.6 Å². The van der Waals surface area contributed by atoms with Gasteiger partial charge in [-0.1, -0.05) is 107 Å². The van der Waals surface area contributed by atoms with Crippen molar-refractivity contribution < 1.29 is 14.1 Å². The molecule has 2 aromatic carbocycles. The molecule has 200 valence electrons. The van der Waals surface area contributed by atoms with Gasteiger partial charge in [-0.05, 0) is 42.3 Å². The number of carbonyl (C=O) groups is 1. The van der Waals surface area contributed by atoms with E-state index >= 15 is 0 Å². The van der Waals surface area contributed by atoms with Gasteiger partial charge < -0.3 is 10.1 Å². The number of nitrogens with one attached hydrogen (secondary N) is 1. The molecule has 1 aromatic heterocycles. The van der Waals surface area contributed by atoms with E-state index in [9.17, 15) is 4.79 Å². The molecule has 4 nitrogen and oxygen atoms in total. The number of hydrogen-bond donors (Lipinski definition) is 1. The second-order valence-electron chi connectivity index (χ2n) is 10.0. The fourth-order valence-corrected chi connectivity index (χ4v) is 5.43. The molecular formula is C32H45N2O2S+. The third-order valence-electron chi connectivity index (χ3n) is 6.73. The third kappa shape index (κ3) is 11.1. The van der Waals surface area contributed by atoms with Crippen LogP contribution in [0.25, 0.3) is 10.6 Å². The van der Waals surface area contributed by atoms with E-state index in [0.29, 0.717) is 6.42 Å². The Hall–Kier alpha value is -2.66. The standard InChI is InChI=1S/C32H44N2O2S/c1-3-4-5-6-7-8-9-10-11-12-13-14-23-36-30-20-18-27(19-21-30)25-31(35)33-29-17-15-16-28(26-29)32-34(2)22-24-37-32/h15-22,24,26H,3-14,23,25H2,1-2H3/p+1. The molecular weight excluding hydrogens is 476 g/mol. The highest BCUT2D eigenvalue weighted by atomic mass is 32.1. The molecule has 0 fully saturated rings. The maximum atomic E-state index is 12.6. The van der Waals surface area contributed by atoms with Crippen LogP contribution in [0.2, 0.25) is 0 Å². The van der Waals surface area contributed by atoms with Crippen LogP contribution in [0.1, 0.15) is 89.5 Å². The molecule has 0 unspecified atom stereocenters. The number of amides is 1. The van der Waals surface area contributed by atoms with Crippen molar-refractivity contribution in [3.8, 4) is 16.3 Å². The molecule has 1 N–H and O–H groups in total. The number of thiazole rings is 1. The molecule has 0 atom stereocenters. The number of aromatic nitrogens is 1. The molecule has 0 radical (unpaired) electrons. The number of rotatable bonds is 18. The van der Waals surface area contributed by atoms with E-state index in [1.807, 2.05) is 55.7 Å². The summed E-state index contributed by atoms with van der Waals surface area (Å²) in [6.45, 7) is 3.04. The Balaban J connectivity index is 1.26. The SMILES string of the molecule is CCCCCCCCCCCCCCOc1ccc(CC(=O)Nc2cccc(-c3scc[n+]3C)c2)cc1. The first-order valence-electron chi connectivity index (χ1n) is 14.2. The lowest BCUT2D eigenvalue weighted by atomic mass is 10.1. The van der Waals surface area contributed by atoms with Gasteiger partial charge in [0.05, 0.1) is 24.0 Å². The van der Waals surface area contributed by atoms with Crippen LogP contribution in [0.15, 0.2) is 60.1 Å². The van der Waals surface area contributed by atoms with E-state index < -0.39 is 0 Å². The van der Waals surface area contributed by atoms with E-state index in [1.165, 1.54) is 70.6 Å². The fraction of sp³-hybridized carbons (Fsp3) is 0.500. The number of unbranched alkanes of at least 4 members (excludes halogenated alkanes) is 11. The summed E-state index contributed by atoms with van der Waals surface area (Å²) in [4.78, 5) is 12.6. The highest BCUT2D eigenvalue weighted by Gasteiger charge is 2.12. The minimum Gasteiger partial charge on any atom is -0.494 e. The van der Waals surface area contributed by atoms with E-state index in [0.717, 1.165) is 40.6 Å². The van der Waals surface area contributed by atoms with Gasteiger partial charge in [0.2, 0.25) is 5.91 Å². The molecule has 0 aliphatic rings. The Morgan fingerprint density at radius 2 is 1.51 bits per heavy atom. The largest absolute Gasteiger partial charge is 0.494 e. The zero-order valence-electron chi connectivity index (χ0n) is 22.8. The number of carbonyl (C=O) groups excluding carboxylic acids is 1. The Kier molecular flexibility index (Phi) is 13.3. The zero-order valence-corrected chi connectivity index (χ0v) is 23.7. The molecule has 37 heavy (non-hydrogen) atoms. The van der Waals surface area contributed by atoms with Gasteiger partial charge in [-0.2, -0.15) is 4.57 Å². The van der Waals surface area contributed by atoms with Crippen molar-refractivity contribution in [2.45, 2.75) is 90.4 Å². The summed E-state index contributed by atoms with van der Waals surface area (Å²) in [5.74, 6) is 0.863. The Bertz CT molecular complexity index is 1040. The highest BCUT2D eigenvalue weighted by Crippen LogP contribution is 2.23. The summed E-state index contributed by atoms with van der Waals surface area (Å²) < 4.78 is 8.00. The normalized spacial score (nSPS) is 11.0. The van der Waals surface area contributed by atoms with Gasteiger partial charge in [-0.25, -0.2) is 0 Å². The molecule has 0 aliphatic carbocycles. The number of benzene rings is 2. The van der Waals surface area contributed by atoms with Gasteiger partial charge in [0.1, 0.15) is 12.8 Å². The molecule has 5 heteroatoms. The maximum absolute atomic E-state index is 12.6. The van der Waals surface area contributed by atoms with Crippen LogP contribution in [-0.4, -0.2) is 12.5 Å². The van der Waals surface area contributed by atoms with Crippen LogP contribution in [0.5, 0.6) is 5.75 Å². The van der Waals surface area contributed by atoms with Crippen LogP contribution in [0.4, 0.5) is 5.69 Å². The predicted octanol–water partition coefficient (Wildman–Crippen LogP) is 8.50. The molecule has 0 spiro atoms. The monoisotopic (exact) mass is 521 g/mol. The van der Waals surface area contributed by atoms with Crippen LogP contribution in [0, 0.1) is 0 Å². The van der Waals surface area contributed by atoms with Crippen LogP contribution in [0.3, 0.4) is 0 Å². The fourth-order valence-electron chi connectivity index (χ4n) is 4.57. The van der Waals surface area contributed by atoms with Gasteiger partial charge in [0.15, 0.2) is 6.20 Å². The predicted molar refractivity (Wildman–Crippen MR) is 156 cm³/mol. The van der Waals surface area contributed by atoms with Crippen molar-refractivity contribution in [2.75, 3.05) is 11.9 Å². The van der Waals surface area contributed by atoms with Crippen molar-refractivity contribution in [2.24, 2.45) is 7.05 Å². The Morgan fingerprint density at radius 3 is 2.14 bits per heavy atom. The number of nitrogens with zero attached hydrogens (tertiary/aromatic N) is 1. The topological polar surface area (TPSA) is 42.2 Å². The van der Waals surface area contributed by atoms with Crippen molar-refractivity contribution in [1.29, 1.82) is 0 Å². The summed E-state index contributed by atoms with van der Waals surface area (Å²) >= 11 is 1.69.